The van der Waals surface area contributed by atoms with Gasteiger partial charge >= 0.3 is 0 Å². The third-order valence-electron chi connectivity index (χ3n) is 3.83. The molecule has 0 aliphatic carbocycles. The third-order valence-corrected chi connectivity index (χ3v) is 4.84. The number of rotatable bonds is 5. The molecule has 1 N–H and O–H groups in total. The number of carbonyl (C=O) groups excluding carboxylic acids is 1. The lowest BCUT2D eigenvalue weighted by Gasteiger charge is -2.06. The van der Waals surface area contributed by atoms with E-state index in [1.54, 1.807) is 42.6 Å². The fourth-order valence-corrected chi connectivity index (χ4v) is 3.43. The normalized spacial score (nSPS) is 10.8. The summed E-state index contributed by atoms with van der Waals surface area (Å²) in [6, 6.07) is 17.2. The van der Waals surface area contributed by atoms with Crippen molar-refractivity contribution in [1.29, 1.82) is 0 Å². The van der Waals surface area contributed by atoms with Crippen LogP contribution in [-0.2, 0) is 5.75 Å². The summed E-state index contributed by atoms with van der Waals surface area (Å²) >= 11 is 1.63. The van der Waals surface area contributed by atoms with Crippen molar-refractivity contribution in [3.05, 3.63) is 84.6 Å². The highest BCUT2D eigenvalue weighted by molar-refractivity contribution is 7.98. The van der Waals surface area contributed by atoms with Gasteiger partial charge in [0, 0.05) is 23.0 Å². The number of hydrogen-bond acceptors (Lipinski definition) is 5. The molecular weight excluding hydrogens is 346 g/mol. The molecule has 0 aliphatic heterocycles. The number of furan rings is 1. The van der Waals surface area contributed by atoms with E-state index in [0.29, 0.717) is 22.8 Å². The van der Waals surface area contributed by atoms with Crippen LogP contribution in [0.25, 0.3) is 11.0 Å². The average molecular weight is 361 g/mol. The van der Waals surface area contributed by atoms with Gasteiger partial charge in [0.2, 0.25) is 0 Å². The molecule has 1 amide bonds. The lowest BCUT2D eigenvalue weighted by atomic mass is 10.2. The smallest absolute Gasteiger partial charge is 0.259 e. The molecule has 0 bridgehead atoms. The van der Waals surface area contributed by atoms with Crippen LogP contribution >= 0.6 is 11.8 Å². The van der Waals surface area contributed by atoms with Gasteiger partial charge in [-0.3, -0.25) is 14.8 Å². The molecule has 0 saturated carbocycles. The largest absolute Gasteiger partial charge is 0.468 e. The molecule has 6 heteroatoms. The molecule has 2 aromatic carbocycles. The predicted octanol–water partition coefficient (Wildman–Crippen LogP) is 4.77. The molecule has 128 valence electrons. The fraction of sp³-hybridized carbons (Fsp3) is 0.0500. The van der Waals surface area contributed by atoms with Gasteiger partial charge in [-0.1, -0.05) is 18.2 Å². The SMILES string of the molecule is O=C(Nc1ccc2nccnc2c1)c1ccoc1CSc1ccccc1. The van der Waals surface area contributed by atoms with Gasteiger partial charge in [-0.25, -0.2) is 0 Å². The van der Waals surface area contributed by atoms with Crippen molar-refractivity contribution < 1.29 is 9.21 Å². The molecule has 0 fully saturated rings. The lowest BCUT2D eigenvalue weighted by molar-refractivity contribution is 0.102. The fourth-order valence-electron chi connectivity index (χ4n) is 2.56. The van der Waals surface area contributed by atoms with E-state index >= 15 is 0 Å². The van der Waals surface area contributed by atoms with Crippen LogP contribution in [0, 0.1) is 0 Å². The van der Waals surface area contributed by atoms with Crippen molar-refractivity contribution in [2.24, 2.45) is 0 Å². The molecule has 0 atom stereocenters. The van der Waals surface area contributed by atoms with Gasteiger partial charge in [0.1, 0.15) is 5.76 Å². The van der Waals surface area contributed by atoms with E-state index in [2.05, 4.69) is 15.3 Å². The second-order valence-corrected chi connectivity index (χ2v) is 6.62. The molecule has 4 rings (SSSR count). The van der Waals surface area contributed by atoms with Crippen LogP contribution in [-0.4, -0.2) is 15.9 Å². The van der Waals surface area contributed by atoms with E-state index in [0.717, 1.165) is 15.9 Å². The Morgan fingerprint density at radius 2 is 1.81 bits per heavy atom. The van der Waals surface area contributed by atoms with Gasteiger partial charge < -0.3 is 9.73 Å². The molecule has 0 spiro atoms. The monoisotopic (exact) mass is 361 g/mol. The van der Waals surface area contributed by atoms with Crippen LogP contribution in [0.15, 0.2) is 82.6 Å². The highest BCUT2D eigenvalue weighted by Crippen LogP contribution is 2.25. The maximum Gasteiger partial charge on any atom is 0.259 e. The second-order valence-electron chi connectivity index (χ2n) is 5.57. The molecule has 0 aliphatic rings. The van der Waals surface area contributed by atoms with Gasteiger partial charge in [0.25, 0.3) is 5.91 Å². The van der Waals surface area contributed by atoms with Crippen molar-refractivity contribution >= 4 is 34.4 Å². The number of hydrogen-bond donors (Lipinski definition) is 1. The van der Waals surface area contributed by atoms with E-state index in [9.17, 15) is 4.79 Å². The number of nitrogens with one attached hydrogen (secondary N) is 1. The number of aromatic nitrogens is 2. The number of anilines is 1. The zero-order valence-electron chi connectivity index (χ0n) is 13.8. The molecule has 2 heterocycles. The first kappa shape index (κ1) is 16.4. The highest BCUT2D eigenvalue weighted by atomic mass is 32.2. The number of benzene rings is 2. The molecule has 2 aromatic heterocycles. The number of carbonyl (C=O) groups is 1. The van der Waals surface area contributed by atoms with E-state index in [1.165, 1.54) is 0 Å². The van der Waals surface area contributed by atoms with Crippen molar-refractivity contribution in [3.8, 4) is 0 Å². The second kappa shape index (κ2) is 7.41. The Labute approximate surface area is 154 Å². The van der Waals surface area contributed by atoms with E-state index in [4.69, 9.17) is 4.42 Å². The maximum atomic E-state index is 12.6. The summed E-state index contributed by atoms with van der Waals surface area (Å²) in [7, 11) is 0. The molecule has 5 nitrogen and oxygen atoms in total. The minimum atomic E-state index is -0.203. The van der Waals surface area contributed by atoms with Gasteiger partial charge in [0.15, 0.2) is 0 Å². The summed E-state index contributed by atoms with van der Waals surface area (Å²) in [4.78, 5) is 22.2. The van der Waals surface area contributed by atoms with Gasteiger partial charge in [-0.2, -0.15) is 0 Å². The summed E-state index contributed by atoms with van der Waals surface area (Å²) in [5.41, 5.74) is 2.73. The zero-order valence-corrected chi connectivity index (χ0v) is 14.6. The number of amides is 1. The van der Waals surface area contributed by atoms with Crippen LogP contribution in [0.5, 0.6) is 0 Å². The van der Waals surface area contributed by atoms with E-state index < -0.39 is 0 Å². The number of fused-ring (bicyclic) bond motifs is 1. The van der Waals surface area contributed by atoms with Crippen LogP contribution in [0.1, 0.15) is 16.1 Å². The zero-order chi connectivity index (χ0) is 17.8. The van der Waals surface area contributed by atoms with Crippen molar-refractivity contribution in [3.63, 3.8) is 0 Å². The quantitative estimate of drug-likeness (QED) is 0.519. The van der Waals surface area contributed by atoms with E-state index in [1.807, 2.05) is 42.5 Å². The highest BCUT2D eigenvalue weighted by Gasteiger charge is 2.15. The third kappa shape index (κ3) is 3.60. The number of nitrogens with zero attached hydrogens (tertiary/aromatic N) is 2. The molecule has 0 saturated heterocycles. The Bertz CT molecular complexity index is 1050. The first-order chi connectivity index (χ1) is 12.8. The first-order valence-corrected chi connectivity index (χ1v) is 9.04. The van der Waals surface area contributed by atoms with Crippen LogP contribution in [0.4, 0.5) is 5.69 Å². The Balaban J connectivity index is 1.48. The Hall–Kier alpha value is -3.12. The average Bonchev–Trinajstić information content (AvgIpc) is 3.16. The first-order valence-electron chi connectivity index (χ1n) is 8.06. The van der Waals surface area contributed by atoms with Crippen molar-refractivity contribution in [1.82, 2.24) is 9.97 Å². The minimum Gasteiger partial charge on any atom is -0.468 e. The summed E-state index contributed by atoms with van der Waals surface area (Å²) in [5.74, 6) is 1.03. The van der Waals surface area contributed by atoms with Crippen molar-refractivity contribution in [2.75, 3.05) is 5.32 Å². The van der Waals surface area contributed by atoms with Crippen LogP contribution < -0.4 is 5.32 Å². The number of thioether (sulfide) groups is 1. The van der Waals surface area contributed by atoms with Crippen LogP contribution in [0.2, 0.25) is 0 Å². The molecule has 26 heavy (non-hydrogen) atoms. The summed E-state index contributed by atoms with van der Waals surface area (Å²) in [5, 5.41) is 2.90. The minimum absolute atomic E-state index is 0.203. The Kier molecular flexibility index (Phi) is 4.66. The molecule has 0 radical (unpaired) electrons. The summed E-state index contributed by atoms with van der Waals surface area (Å²) < 4.78 is 5.51. The summed E-state index contributed by atoms with van der Waals surface area (Å²) in [6.45, 7) is 0. The topological polar surface area (TPSA) is 68.0 Å². The van der Waals surface area contributed by atoms with Crippen LogP contribution in [0.3, 0.4) is 0 Å². The maximum absolute atomic E-state index is 12.6. The molecule has 0 unspecified atom stereocenters. The van der Waals surface area contributed by atoms with Gasteiger partial charge in [-0.05, 0) is 36.4 Å². The van der Waals surface area contributed by atoms with E-state index in [-0.39, 0.29) is 5.91 Å². The Morgan fingerprint density at radius 3 is 2.65 bits per heavy atom. The molecular formula is C20H15N3O2S. The van der Waals surface area contributed by atoms with Gasteiger partial charge in [0.05, 0.1) is 28.6 Å². The predicted molar refractivity (Wildman–Crippen MR) is 102 cm³/mol. The van der Waals surface area contributed by atoms with Gasteiger partial charge in [-0.15, -0.1) is 11.8 Å². The lowest BCUT2D eigenvalue weighted by Crippen LogP contribution is -2.12. The standard InChI is InChI=1S/C20H15N3O2S/c24-20(23-14-6-7-17-18(12-14)22-10-9-21-17)16-8-11-25-19(16)13-26-15-4-2-1-3-5-15/h1-12H,13H2,(H,23,24). The van der Waals surface area contributed by atoms with Crippen molar-refractivity contribution in [2.45, 2.75) is 10.6 Å². The Morgan fingerprint density at radius 1 is 1.00 bits per heavy atom. The summed E-state index contributed by atoms with van der Waals surface area (Å²) in [6.07, 6.45) is 4.81. The molecule has 4 aromatic rings.